The Bertz CT molecular complexity index is 596. The average molecular weight is 412 g/mol. The molecule has 0 spiro atoms. The summed E-state index contributed by atoms with van der Waals surface area (Å²) in [7, 11) is -2.75. The molecule has 0 amide bonds. The van der Waals surface area contributed by atoms with E-state index >= 15 is 0 Å². The quantitative estimate of drug-likeness (QED) is 0.829. The lowest BCUT2D eigenvalue weighted by Crippen LogP contribution is -2.39. The lowest BCUT2D eigenvalue weighted by molar-refractivity contribution is -0.137. The lowest BCUT2D eigenvalue weighted by atomic mass is 10.2. The number of hydrogen-bond donors (Lipinski definition) is 1. The fourth-order valence-electron chi connectivity index (χ4n) is 1.43. The maximum absolute atomic E-state index is 12.7. The smallest absolute Gasteiger partial charge is 0.329 e. The van der Waals surface area contributed by atoms with Crippen molar-refractivity contribution in [2.75, 3.05) is 13.6 Å². The second-order valence-corrected chi connectivity index (χ2v) is 7.19. The van der Waals surface area contributed by atoms with E-state index in [0.29, 0.717) is 6.07 Å². The third-order valence-corrected chi connectivity index (χ3v) is 5.24. The summed E-state index contributed by atoms with van der Waals surface area (Å²) < 4.78 is 63.6. The van der Waals surface area contributed by atoms with E-state index in [9.17, 15) is 21.6 Å². The number of halogens is 5. The van der Waals surface area contributed by atoms with Crippen molar-refractivity contribution in [3.63, 3.8) is 0 Å². The van der Waals surface area contributed by atoms with Gasteiger partial charge in [0, 0.05) is 24.1 Å². The first-order chi connectivity index (χ1) is 9.00. The third-order valence-electron chi connectivity index (χ3n) is 2.84. The molecular weight excluding hydrogens is 397 g/mol. The van der Waals surface area contributed by atoms with E-state index in [1.54, 1.807) is 6.92 Å². The SMILES string of the molecule is CC(CN)N(C)S(=O)(=O)c1cc(Br)cc(C(F)(F)F)c1.Cl. The van der Waals surface area contributed by atoms with E-state index in [-0.39, 0.29) is 23.4 Å². The highest BCUT2D eigenvalue weighted by atomic mass is 79.9. The molecule has 0 aliphatic heterocycles. The molecule has 122 valence electrons. The van der Waals surface area contributed by atoms with Crippen molar-refractivity contribution < 1.29 is 21.6 Å². The van der Waals surface area contributed by atoms with Gasteiger partial charge in [0.05, 0.1) is 10.5 Å². The first-order valence-corrected chi connectivity index (χ1v) is 7.79. The Kier molecular flexibility index (Phi) is 7.15. The van der Waals surface area contributed by atoms with Crippen molar-refractivity contribution in [1.29, 1.82) is 0 Å². The summed E-state index contributed by atoms with van der Waals surface area (Å²) in [5.74, 6) is 0. The Morgan fingerprint density at radius 2 is 1.86 bits per heavy atom. The summed E-state index contributed by atoms with van der Waals surface area (Å²) in [6, 6.07) is 2.04. The highest BCUT2D eigenvalue weighted by Crippen LogP contribution is 2.33. The fourth-order valence-corrected chi connectivity index (χ4v) is 3.52. The van der Waals surface area contributed by atoms with Gasteiger partial charge in [-0.25, -0.2) is 8.42 Å². The van der Waals surface area contributed by atoms with Gasteiger partial charge in [-0.15, -0.1) is 12.4 Å². The number of hydrogen-bond acceptors (Lipinski definition) is 3. The van der Waals surface area contributed by atoms with Crippen molar-refractivity contribution >= 4 is 38.4 Å². The summed E-state index contributed by atoms with van der Waals surface area (Å²) in [5.41, 5.74) is 4.35. The maximum atomic E-state index is 12.7. The molecule has 0 saturated carbocycles. The molecule has 2 N–H and O–H groups in total. The molecule has 0 saturated heterocycles. The number of sulfonamides is 1. The molecule has 0 bridgehead atoms. The first kappa shape index (κ1) is 20.6. The van der Waals surface area contributed by atoms with Crippen molar-refractivity contribution in [2.45, 2.75) is 24.0 Å². The summed E-state index contributed by atoms with van der Waals surface area (Å²) in [6.07, 6.45) is -4.62. The Morgan fingerprint density at radius 1 is 1.33 bits per heavy atom. The summed E-state index contributed by atoms with van der Waals surface area (Å²) in [5, 5.41) is 0. The minimum absolute atomic E-state index is 0. The van der Waals surface area contributed by atoms with Gasteiger partial charge < -0.3 is 5.73 Å². The first-order valence-electron chi connectivity index (χ1n) is 5.56. The molecule has 21 heavy (non-hydrogen) atoms. The Labute approximate surface area is 136 Å². The molecule has 4 nitrogen and oxygen atoms in total. The molecule has 0 heterocycles. The monoisotopic (exact) mass is 410 g/mol. The van der Waals surface area contributed by atoms with Crippen LogP contribution in [0.3, 0.4) is 0 Å². The molecule has 0 aliphatic carbocycles. The van der Waals surface area contributed by atoms with Gasteiger partial charge in [0.15, 0.2) is 0 Å². The van der Waals surface area contributed by atoms with Crippen LogP contribution in [0.4, 0.5) is 13.2 Å². The van der Waals surface area contributed by atoms with Crippen LogP contribution < -0.4 is 5.73 Å². The number of nitrogens with zero attached hydrogens (tertiary/aromatic N) is 1. The van der Waals surface area contributed by atoms with Gasteiger partial charge in [0.1, 0.15) is 0 Å². The predicted octanol–water partition coefficient (Wildman–Crippen LogP) is 2.86. The maximum Gasteiger partial charge on any atom is 0.416 e. The van der Waals surface area contributed by atoms with Gasteiger partial charge in [0.25, 0.3) is 0 Å². The van der Waals surface area contributed by atoms with E-state index in [2.05, 4.69) is 15.9 Å². The van der Waals surface area contributed by atoms with E-state index < -0.39 is 32.7 Å². The van der Waals surface area contributed by atoms with Crippen LogP contribution >= 0.6 is 28.3 Å². The van der Waals surface area contributed by atoms with Gasteiger partial charge in [-0.1, -0.05) is 15.9 Å². The number of benzene rings is 1. The zero-order valence-electron chi connectivity index (χ0n) is 11.2. The molecule has 1 atom stereocenters. The lowest BCUT2D eigenvalue weighted by Gasteiger charge is -2.23. The molecule has 1 aromatic rings. The van der Waals surface area contributed by atoms with Gasteiger partial charge >= 0.3 is 6.18 Å². The molecule has 1 unspecified atom stereocenters. The standard InChI is InChI=1S/C11H14BrF3N2O2S.ClH/c1-7(6-16)17(2)20(18,19)10-4-8(11(13,14)15)3-9(12)5-10;/h3-5,7H,6,16H2,1-2H3;1H. The van der Waals surface area contributed by atoms with Crippen LogP contribution in [0, 0.1) is 0 Å². The number of nitrogens with two attached hydrogens (primary N) is 1. The predicted molar refractivity (Wildman–Crippen MR) is 79.9 cm³/mol. The largest absolute Gasteiger partial charge is 0.416 e. The minimum atomic E-state index is -4.62. The zero-order valence-corrected chi connectivity index (χ0v) is 14.4. The van der Waals surface area contributed by atoms with Crippen LogP contribution in [0.25, 0.3) is 0 Å². The summed E-state index contributed by atoms with van der Waals surface area (Å²) in [4.78, 5) is -0.429. The van der Waals surface area contributed by atoms with E-state index in [0.717, 1.165) is 16.4 Å². The number of rotatable bonds is 4. The van der Waals surface area contributed by atoms with Crippen molar-refractivity contribution in [3.8, 4) is 0 Å². The van der Waals surface area contributed by atoms with E-state index in [1.807, 2.05) is 0 Å². The van der Waals surface area contributed by atoms with Crippen LogP contribution in [-0.4, -0.2) is 32.4 Å². The average Bonchev–Trinajstić information content (AvgIpc) is 2.35. The van der Waals surface area contributed by atoms with Crippen LogP contribution in [0.15, 0.2) is 27.6 Å². The van der Waals surface area contributed by atoms with Gasteiger partial charge in [-0.05, 0) is 25.1 Å². The highest BCUT2D eigenvalue weighted by Gasteiger charge is 2.33. The molecule has 0 aromatic heterocycles. The third kappa shape index (κ3) is 4.82. The van der Waals surface area contributed by atoms with Crippen molar-refractivity contribution in [2.24, 2.45) is 5.73 Å². The molecule has 10 heteroatoms. The van der Waals surface area contributed by atoms with Gasteiger partial charge in [-0.2, -0.15) is 17.5 Å². The normalized spacial score (nSPS) is 13.9. The van der Waals surface area contributed by atoms with Crippen molar-refractivity contribution in [3.05, 3.63) is 28.2 Å². The number of alkyl halides is 3. The fraction of sp³-hybridized carbons (Fsp3) is 0.455. The Hall–Kier alpha value is -0.350. The topological polar surface area (TPSA) is 63.4 Å². The molecule has 1 aromatic carbocycles. The van der Waals surface area contributed by atoms with Gasteiger partial charge in [0.2, 0.25) is 10.0 Å². The molecule has 0 aliphatic rings. The second kappa shape index (κ2) is 7.28. The van der Waals surface area contributed by atoms with Crippen LogP contribution in [0.5, 0.6) is 0 Å². The Morgan fingerprint density at radius 3 is 2.29 bits per heavy atom. The van der Waals surface area contributed by atoms with Crippen LogP contribution in [0.2, 0.25) is 0 Å². The van der Waals surface area contributed by atoms with E-state index in [1.165, 1.54) is 7.05 Å². The molecular formula is C11H15BrClF3N2O2S. The van der Waals surface area contributed by atoms with E-state index in [4.69, 9.17) is 5.73 Å². The van der Waals surface area contributed by atoms with Crippen LogP contribution in [0.1, 0.15) is 12.5 Å². The van der Waals surface area contributed by atoms with Gasteiger partial charge in [-0.3, -0.25) is 0 Å². The number of likely N-dealkylation sites (N-methyl/N-ethyl adjacent to an activating group) is 1. The second-order valence-electron chi connectivity index (χ2n) is 4.28. The summed E-state index contributed by atoms with van der Waals surface area (Å²) >= 11 is 2.89. The highest BCUT2D eigenvalue weighted by molar-refractivity contribution is 9.10. The molecule has 1 rings (SSSR count). The molecule has 0 radical (unpaired) electrons. The van der Waals surface area contributed by atoms with Crippen LogP contribution in [-0.2, 0) is 16.2 Å². The Balaban J connectivity index is 0.00000400. The van der Waals surface area contributed by atoms with Crippen molar-refractivity contribution in [1.82, 2.24) is 4.31 Å². The molecule has 0 fully saturated rings. The minimum Gasteiger partial charge on any atom is -0.329 e. The summed E-state index contributed by atoms with van der Waals surface area (Å²) in [6.45, 7) is 1.63. The zero-order chi connectivity index (χ0) is 15.7.